The van der Waals surface area contributed by atoms with Gasteiger partial charge < -0.3 is 25.2 Å². The van der Waals surface area contributed by atoms with Crippen molar-refractivity contribution in [1.82, 2.24) is 0 Å². The van der Waals surface area contributed by atoms with Crippen molar-refractivity contribution < 1.29 is 25.2 Å². The molecule has 5 heteroatoms. The molecule has 2 fully saturated rings. The molecule has 0 amide bonds. The molecule has 0 spiro atoms. The van der Waals surface area contributed by atoms with Crippen LogP contribution in [0.15, 0.2) is 0 Å². The summed E-state index contributed by atoms with van der Waals surface area (Å²) in [5.41, 5.74) is 0. The Balaban J connectivity index is 2.11. The molecule has 1 saturated heterocycles. The van der Waals surface area contributed by atoms with E-state index in [9.17, 15) is 15.3 Å². The van der Waals surface area contributed by atoms with E-state index in [1.807, 2.05) is 0 Å². The van der Waals surface area contributed by atoms with Crippen LogP contribution in [0.5, 0.6) is 0 Å². The van der Waals surface area contributed by atoms with Gasteiger partial charge in [-0.1, -0.05) is 0 Å². The average Bonchev–Trinajstić information content (AvgIpc) is 2.81. The zero-order chi connectivity index (χ0) is 8.88. The highest BCUT2D eigenvalue weighted by Crippen LogP contribution is 2.40. The van der Waals surface area contributed by atoms with Crippen LogP contribution in [0.4, 0.5) is 0 Å². The van der Waals surface area contributed by atoms with Gasteiger partial charge in [0.05, 0.1) is 18.8 Å². The Morgan fingerprint density at radius 3 is 2.17 bits per heavy atom. The molecule has 0 aromatic heterocycles. The molecule has 1 heterocycles. The standard InChI is InChI=1S/C7H12O5/c8-1-2-3(9)4(10)5(11)7-6(2)12-7/h2-11H,1H2/t2-,3-,4+,5+,6-,7+/m1/s1. The highest BCUT2D eigenvalue weighted by Gasteiger charge is 2.59. The third kappa shape index (κ3) is 0.982. The van der Waals surface area contributed by atoms with E-state index in [1.54, 1.807) is 0 Å². The van der Waals surface area contributed by atoms with E-state index in [4.69, 9.17) is 9.84 Å². The van der Waals surface area contributed by atoms with Gasteiger partial charge in [0.2, 0.25) is 0 Å². The number of ether oxygens (including phenoxy) is 1. The van der Waals surface area contributed by atoms with E-state index >= 15 is 0 Å². The van der Waals surface area contributed by atoms with Crippen molar-refractivity contribution >= 4 is 0 Å². The summed E-state index contributed by atoms with van der Waals surface area (Å²) >= 11 is 0. The monoisotopic (exact) mass is 176 g/mol. The highest BCUT2D eigenvalue weighted by molar-refractivity contribution is 5.07. The van der Waals surface area contributed by atoms with E-state index in [1.165, 1.54) is 0 Å². The summed E-state index contributed by atoms with van der Waals surface area (Å²) in [4.78, 5) is 0. The lowest BCUT2D eigenvalue weighted by molar-refractivity contribution is -0.105. The quantitative estimate of drug-likeness (QED) is 0.330. The second kappa shape index (κ2) is 2.65. The van der Waals surface area contributed by atoms with Crippen LogP contribution in [-0.2, 0) is 4.74 Å². The molecule has 0 unspecified atom stereocenters. The molecule has 1 aliphatic heterocycles. The molecule has 0 aromatic rings. The van der Waals surface area contributed by atoms with Crippen LogP contribution < -0.4 is 0 Å². The summed E-state index contributed by atoms with van der Waals surface area (Å²) in [6.07, 6.45) is -4.00. The van der Waals surface area contributed by atoms with Gasteiger partial charge in [-0.3, -0.25) is 0 Å². The van der Waals surface area contributed by atoms with Crippen molar-refractivity contribution in [3.05, 3.63) is 0 Å². The second-order valence-electron chi connectivity index (χ2n) is 3.38. The largest absolute Gasteiger partial charge is 0.396 e. The zero-order valence-corrected chi connectivity index (χ0v) is 6.37. The van der Waals surface area contributed by atoms with Crippen LogP contribution in [-0.4, -0.2) is 57.6 Å². The molecule has 6 atom stereocenters. The third-order valence-electron chi connectivity index (χ3n) is 2.67. The molecule has 5 nitrogen and oxygen atoms in total. The lowest BCUT2D eigenvalue weighted by Crippen LogP contribution is -2.52. The molecular weight excluding hydrogens is 164 g/mol. The first-order valence-corrected chi connectivity index (χ1v) is 3.97. The van der Waals surface area contributed by atoms with Crippen LogP contribution >= 0.6 is 0 Å². The Morgan fingerprint density at radius 2 is 1.58 bits per heavy atom. The third-order valence-corrected chi connectivity index (χ3v) is 2.67. The normalized spacial score (nSPS) is 58.0. The molecule has 12 heavy (non-hydrogen) atoms. The Hall–Kier alpha value is -0.200. The molecular formula is C7H12O5. The summed E-state index contributed by atoms with van der Waals surface area (Å²) in [5.74, 6) is -0.464. The van der Waals surface area contributed by atoms with Crippen LogP contribution in [0.3, 0.4) is 0 Å². The predicted octanol–water partition coefficient (Wildman–Crippen LogP) is -2.54. The van der Waals surface area contributed by atoms with Gasteiger partial charge in [-0.2, -0.15) is 0 Å². The Morgan fingerprint density at radius 1 is 0.917 bits per heavy atom. The summed E-state index contributed by atoms with van der Waals surface area (Å²) < 4.78 is 5.00. The molecule has 2 aliphatic rings. The maximum absolute atomic E-state index is 9.35. The Kier molecular flexibility index (Phi) is 1.85. The van der Waals surface area contributed by atoms with Gasteiger partial charge in [-0.05, 0) is 0 Å². The molecule has 2 rings (SSSR count). The summed E-state index contributed by atoms with van der Waals surface area (Å²) in [6.45, 7) is -0.230. The van der Waals surface area contributed by atoms with Gasteiger partial charge in [-0.25, -0.2) is 0 Å². The number of fused-ring (bicyclic) bond motifs is 1. The summed E-state index contributed by atoms with van der Waals surface area (Å²) in [6, 6.07) is 0. The fraction of sp³-hybridized carbons (Fsp3) is 1.00. The molecule has 0 bridgehead atoms. The van der Waals surface area contributed by atoms with E-state index in [2.05, 4.69) is 0 Å². The molecule has 0 aromatic carbocycles. The van der Waals surface area contributed by atoms with Crippen LogP contribution in [0.2, 0.25) is 0 Å². The molecule has 0 radical (unpaired) electrons. The molecule has 1 saturated carbocycles. The zero-order valence-electron chi connectivity index (χ0n) is 6.37. The maximum atomic E-state index is 9.35. The predicted molar refractivity (Wildman–Crippen MR) is 37.3 cm³/mol. The molecule has 70 valence electrons. The fourth-order valence-corrected chi connectivity index (χ4v) is 1.81. The van der Waals surface area contributed by atoms with Crippen molar-refractivity contribution in [2.24, 2.45) is 5.92 Å². The van der Waals surface area contributed by atoms with Gasteiger partial charge >= 0.3 is 0 Å². The van der Waals surface area contributed by atoms with Gasteiger partial charge in [0.1, 0.15) is 18.3 Å². The van der Waals surface area contributed by atoms with Crippen LogP contribution in [0.25, 0.3) is 0 Å². The minimum Gasteiger partial charge on any atom is -0.396 e. The first-order chi connectivity index (χ1) is 5.66. The van der Waals surface area contributed by atoms with Crippen LogP contribution in [0, 0.1) is 5.92 Å². The first kappa shape index (κ1) is 8.40. The average molecular weight is 176 g/mol. The highest BCUT2D eigenvalue weighted by atomic mass is 16.6. The number of epoxide rings is 1. The number of hydrogen-bond acceptors (Lipinski definition) is 5. The van der Waals surface area contributed by atoms with E-state index in [-0.39, 0.29) is 12.7 Å². The van der Waals surface area contributed by atoms with Crippen molar-refractivity contribution in [2.75, 3.05) is 6.61 Å². The van der Waals surface area contributed by atoms with Gasteiger partial charge in [0.15, 0.2) is 0 Å². The minimum atomic E-state index is -1.20. The van der Waals surface area contributed by atoms with E-state index in [0.717, 1.165) is 0 Å². The fourth-order valence-electron chi connectivity index (χ4n) is 1.81. The Labute approximate surface area is 69.2 Å². The Bertz CT molecular complexity index is 185. The molecule has 1 aliphatic carbocycles. The number of aliphatic hydroxyl groups excluding tert-OH is 4. The van der Waals surface area contributed by atoms with Crippen molar-refractivity contribution in [3.8, 4) is 0 Å². The SMILES string of the molecule is OC[C@@H]1[C@@H](O)[C@H](O)[C@H](O)[C@@H]2O[C@H]12. The van der Waals surface area contributed by atoms with Gasteiger partial charge in [0.25, 0.3) is 0 Å². The van der Waals surface area contributed by atoms with Crippen LogP contribution in [0.1, 0.15) is 0 Å². The minimum absolute atomic E-state index is 0.230. The molecule has 4 N–H and O–H groups in total. The number of aliphatic hydroxyl groups is 4. The lowest BCUT2D eigenvalue weighted by atomic mass is 9.83. The smallest absolute Gasteiger partial charge is 0.113 e. The maximum Gasteiger partial charge on any atom is 0.113 e. The number of rotatable bonds is 1. The van der Waals surface area contributed by atoms with Crippen molar-refractivity contribution in [1.29, 1.82) is 0 Å². The van der Waals surface area contributed by atoms with E-state index < -0.39 is 30.3 Å². The van der Waals surface area contributed by atoms with Gasteiger partial charge in [0, 0.05) is 5.92 Å². The summed E-state index contributed by atoms with van der Waals surface area (Å²) in [5, 5.41) is 36.7. The lowest BCUT2D eigenvalue weighted by Gasteiger charge is -2.30. The second-order valence-corrected chi connectivity index (χ2v) is 3.38. The summed E-state index contributed by atoms with van der Waals surface area (Å²) in [7, 11) is 0. The topological polar surface area (TPSA) is 93.5 Å². The van der Waals surface area contributed by atoms with Crippen molar-refractivity contribution in [2.45, 2.75) is 30.5 Å². The first-order valence-electron chi connectivity index (χ1n) is 3.97. The van der Waals surface area contributed by atoms with E-state index in [0.29, 0.717) is 0 Å². The van der Waals surface area contributed by atoms with Crippen molar-refractivity contribution in [3.63, 3.8) is 0 Å². The number of hydrogen-bond donors (Lipinski definition) is 4. The van der Waals surface area contributed by atoms with Gasteiger partial charge in [-0.15, -0.1) is 0 Å².